The smallest absolute Gasteiger partial charge is 0.0893 e. The second kappa shape index (κ2) is 6.91. The molecule has 0 aliphatic carbocycles. The molecule has 2 atom stereocenters. The van der Waals surface area contributed by atoms with Crippen molar-refractivity contribution in [2.45, 2.75) is 25.4 Å². The highest BCUT2D eigenvalue weighted by atomic mass is 16.3. The zero-order valence-electron chi connectivity index (χ0n) is 11.2. The Hall–Kier alpha value is -1.86. The third-order valence-electron chi connectivity index (χ3n) is 3.24. The summed E-state index contributed by atoms with van der Waals surface area (Å²) in [4.78, 5) is 0. The summed E-state index contributed by atoms with van der Waals surface area (Å²) < 4.78 is 0. The maximum Gasteiger partial charge on any atom is 0.0893 e. The van der Waals surface area contributed by atoms with Gasteiger partial charge in [-0.25, -0.2) is 0 Å². The molecule has 0 amide bonds. The molecule has 2 aromatic rings. The molecule has 0 aromatic heterocycles. The van der Waals surface area contributed by atoms with Gasteiger partial charge in [0.2, 0.25) is 0 Å². The highest BCUT2D eigenvalue weighted by Crippen LogP contribution is 2.32. The predicted molar refractivity (Wildman–Crippen MR) is 80.0 cm³/mol. The summed E-state index contributed by atoms with van der Waals surface area (Å²) in [7, 11) is 0. The lowest BCUT2D eigenvalue weighted by Gasteiger charge is -2.21. The van der Waals surface area contributed by atoms with Gasteiger partial charge in [0.15, 0.2) is 0 Å². The van der Waals surface area contributed by atoms with Gasteiger partial charge < -0.3 is 5.11 Å². The van der Waals surface area contributed by atoms with E-state index < -0.39 is 6.10 Å². The van der Waals surface area contributed by atoms with Gasteiger partial charge in [0.1, 0.15) is 0 Å². The molecule has 98 valence electrons. The Morgan fingerprint density at radius 1 is 0.895 bits per heavy atom. The Morgan fingerprint density at radius 2 is 1.42 bits per heavy atom. The summed E-state index contributed by atoms with van der Waals surface area (Å²) in [5.74, 6) is 0.00329. The zero-order chi connectivity index (χ0) is 13.5. The van der Waals surface area contributed by atoms with Crippen molar-refractivity contribution in [2.75, 3.05) is 0 Å². The second-order valence-electron chi connectivity index (χ2n) is 4.63. The van der Waals surface area contributed by atoms with E-state index >= 15 is 0 Å². The summed E-state index contributed by atoms with van der Waals surface area (Å²) in [5.41, 5.74) is 2.10. The first-order chi connectivity index (χ1) is 9.33. The van der Waals surface area contributed by atoms with Gasteiger partial charge in [-0.1, -0.05) is 79.7 Å². The van der Waals surface area contributed by atoms with Crippen molar-refractivity contribution in [1.29, 1.82) is 0 Å². The number of rotatable bonds is 5. The van der Waals surface area contributed by atoms with Crippen LogP contribution in [-0.2, 0) is 0 Å². The average Bonchev–Trinajstić information content (AvgIpc) is 2.49. The zero-order valence-corrected chi connectivity index (χ0v) is 11.2. The highest BCUT2D eigenvalue weighted by molar-refractivity contribution is 5.30. The number of allylic oxidation sites excluding steroid dienone is 1. The van der Waals surface area contributed by atoms with Crippen molar-refractivity contribution in [2.24, 2.45) is 0 Å². The third kappa shape index (κ3) is 3.55. The molecule has 2 rings (SSSR count). The van der Waals surface area contributed by atoms with E-state index in [1.165, 1.54) is 0 Å². The number of aliphatic hydroxyl groups is 1. The fourth-order valence-electron chi connectivity index (χ4n) is 2.21. The van der Waals surface area contributed by atoms with Gasteiger partial charge in [-0.3, -0.25) is 0 Å². The predicted octanol–water partition coefficient (Wildman–Crippen LogP) is 4.47. The summed E-state index contributed by atoms with van der Waals surface area (Å²) in [6.07, 6.45) is 4.69. The van der Waals surface area contributed by atoms with Gasteiger partial charge in [0, 0.05) is 5.92 Å². The van der Waals surface area contributed by atoms with Crippen LogP contribution in [-0.4, -0.2) is 5.11 Å². The largest absolute Gasteiger partial charge is 0.387 e. The first kappa shape index (κ1) is 13.6. The molecule has 0 aliphatic rings. The molecule has 19 heavy (non-hydrogen) atoms. The topological polar surface area (TPSA) is 20.2 Å². The fourth-order valence-corrected chi connectivity index (χ4v) is 2.21. The third-order valence-corrected chi connectivity index (χ3v) is 3.24. The molecule has 0 radical (unpaired) electrons. The monoisotopic (exact) mass is 252 g/mol. The van der Waals surface area contributed by atoms with E-state index in [1.54, 1.807) is 0 Å². The first-order valence-electron chi connectivity index (χ1n) is 6.77. The molecule has 0 saturated carbocycles. The highest BCUT2D eigenvalue weighted by Gasteiger charge is 2.19. The van der Waals surface area contributed by atoms with E-state index in [0.717, 1.165) is 17.5 Å². The molecule has 0 aliphatic heterocycles. The summed E-state index contributed by atoms with van der Waals surface area (Å²) in [5, 5.41) is 10.6. The Morgan fingerprint density at radius 3 is 1.95 bits per heavy atom. The minimum Gasteiger partial charge on any atom is -0.387 e. The Labute approximate surface area is 115 Å². The molecule has 0 saturated heterocycles. The number of hydrogen-bond donors (Lipinski definition) is 1. The van der Waals surface area contributed by atoms with Gasteiger partial charge in [-0.15, -0.1) is 0 Å². The van der Waals surface area contributed by atoms with Crippen LogP contribution in [0.1, 0.15) is 36.5 Å². The molecule has 0 unspecified atom stereocenters. The molecule has 0 bridgehead atoms. The van der Waals surface area contributed by atoms with Crippen LogP contribution in [0.4, 0.5) is 0 Å². The Balaban J connectivity index is 2.31. The van der Waals surface area contributed by atoms with Gasteiger partial charge >= 0.3 is 0 Å². The molecule has 1 nitrogen and oxygen atoms in total. The second-order valence-corrected chi connectivity index (χ2v) is 4.63. The normalized spacial score (nSPS) is 14.4. The van der Waals surface area contributed by atoms with Gasteiger partial charge in [-0.05, 0) is 17.5 Å². The van der Waals surface area contributed by atoms with Crippen LogP contribution >= 0.6 is 0 Å². The summed E-state index contributed by atoms with van der Waals surface area (Å²) in [6.45, 7) is 2.10. The SMILES string of the molecule is CC/C=C/[C@@H](c1ccccc1)[C@H](O)c1ccccc1. The molecular weight excluding hydrogens is 232 g/mol. The maximum absolute atomic E-state index is 10.6. The maximum atomic E-state index is 10.6. The molecule has 0 fully saturated rings. The van der Waals surface area contributed by atoms with E-state index in [-0.39, 0.29) is 5.92 Å². The van der Waals surface area contributed by atoms with E-state index in [4.69, 9.17) is 0 Å². The van der Waals surface area contributed by atoms with Crippen molar-refractivity contribution in [3.8, 4) is 0 Å². The quantitative estimate of drug-likeness (QED) is 0.778. The van der Waals surface area contributed by atoms with Crippen LogP contribution < -0.4 is 0 Å². The van der Waals surface area contributed by atoms with Crippen LogP contribution in [0.2, 0.25) is 0 Å². The number of hydrogen-bond acceptors (Lipinski definition) is 1. The fraction of sp³-hybridized carbons (Fsp3) is 0.222. The van der Waals surface area contributed by atoms with E-state index in [2.05, 4.69) is 31.2 Å². The van der Waals surface area contributed by atoms with Crippen molar-refractivity contribution >= 4 is 0 Å². The van der Waals surface area contributed by atoms with Crippen molar-refractivity contribution in [3.05, 3.63) is 83.9 Å². The van der Waals surface area contributed by atoms with E-state index in [0.29, 0.717) is 0 Å². The minimum atomic E-state index is -0.508. The molecular formula is C18H20O. The van der Waals surface area contributed by atoms with E-state index in [1.807, 2.05) is 48.5 Å². The van der Waals surface area contributed by atoms with E-state index in [9.17, 15) is 5.11 Å². The summed E-state index contributed by atoms with van der Waals surface area (Å²) in [6, 6.07) is 20.0. The Bertz CT molecular complexity index is 502. The van der Waals surface area contributed by atoms with Gasteiger partial charge in [0.05, 0.1) is 6.10 Å². The minimum absolute atomic E-state index is 0.00329. The van der Waals surface area contributed by atoms with Gasteiger partial charge in [0.25, 0.3) is 0 Å². The van der Waals surface area contributed by atoms with Crippen molar-refractivity contribution < 1.29 is 5.11 Å². The lowest BCUT2D eigenvalue weighted by Crippen LogP contribution is -2.08. The first-order valence-corrected chi connectivity index (χ1v) is 6.77. The van der Waals surface area contributed by atoms with Crippen LogP contribution in [0.25, 0.3) is 0 Å². The van der Waals surface area contributed by atoms with Crippen LogP contribution in [0.3, 0.4) is 0 Å². The molecule has 0 spiro atoms. The molecule has 1 heteroatoms. The van der Waals surface area contributed by atoms with Crippen LogP contribution in [0.5, 0.6) is 0 Å². The molecule has 2 aromatic carbocycles. The Kier molecular flexibility index (Phi) is 4.93. The number of aliphatic hydroxyl groups excluding tert-OH is 1. The lowest BCUT2D eigenvalue weighted by molar-refractivity contribution is 0.161. The molecule has 0 heterocycles. The van der Waals surface area contributed by atoms with Crippen LogP contribution in [0.15, 0.2) is 72.8 Å². The summed E-state index contributed by atoms with van der Waals surface area (Å²) >= 11 is 0. The number of benzene rings is 2. The molecule has 1 N–H and O–H groups in total. The lowest BCUT2D eigenvalue weighted by atomic mass is 9.88. The average molecular weight is 252 g/mol. The van der Waals surface area contributed by atoms with Gasteiger partial charge in [-0.2, -0.15) is 0 Å². The standard InChI is InChI=1S/C18H20O/c1-2-3-14-17(15-10-6-4-7-11-15)18(19)16-12-8-5-9-13-16/h3-14,17-19H,2H2,1H3/b14-3+/t17-,18+/m0/s1. The van der Waals surface area contributed by atoms with Crippen molar-refractivity contribution in [3.63, 3.8) is 0 Å². The van der Waals surface area contributed by atoms with Crippen LogP contribution in [0, 0.1) is 0 Å². The van der Waals surface area contributed by atoms with Crippen molar-refractivity contribution in [1.82, 2.24) is 0 Å².